The summed E-state index contributed by atoms with van der Waals surface area (Å²) in [7, 11) is 0. The molecule has 0 bridgehead atoms. The van der Waals surface area contributed by atoms with Crippen molar-refractivity contribution in [1.82, 2.24) is 20.3 Å². The first-order valence-electron chi connectivity index (χ1n) is 9.57. The molecule has 0 aliphatic carbocycles. The molecule has 2 heterocycles. The minimum atomic E-state index is -1.59. The van der Waals surface area contributed by atoms with Crippen LogP contribution in [0.5, 0.6) is 0 Å². The van der Waals surface area contributed by atoms with Crippen molar-refractivity contribution in [3.05, 3.63) is 66.1 Å². The van der Waals surface area contributed by atoms with Crippen molar-refractivity contribution < 1.29 is 19.1 Å². The summed E-state index contributed by atoms with van der Waals surface area (Å²) in [5.41, 5.74) is 6.73. The number of carbonyl (C=O) groups is 2. The summed E-state index contributed by atoms with van der Waals surface area (Å²) in [6.07, 6.45) is 1.79. The molecule has 4 aromatic rings. The van der Waals surface area contributed by atoms with Gasteiger partial charge in [-0.3, -0.25) is 9.59 Å². The van der Waals surface area contributed by atoms with Gasteiger partial charge in [0.05, 0.1) is 24.1 Å². The molecule has 1 atom stereocenters. The van der Waals surface area contributed by atoms with Crippen LogP contribution in [0.25, 0.3) is 27.9 Å². The molecule has 158 valence electrons. The van der Waals surface area contributed by atoms with Gasteiger partial charge in [0.15, 0.2) is 0 Å². The van der Waals surface area contributed by atoms with Crippen LogP contribution < -0.4 is 11.1 Å². The molecule has 31 heavy (non-hydrogen) atoms. The van der Waals surface area contributed by atoms with Crippen LogP contribution >= 0.6 is 0 Å². The Labute approximate surface area is 177 Å². The Bertz CT molecular complexity index is 1280. The lowest BCUT2D eigenvalue weighted by molar-refractivity contribution is -0.124. The smallest absolute Gasteiger partial charge is 0.256 e. The van der Waals surface area contributed by atoms with Gasteiger partial charge in [0.1, 0.15) is 22.6 Å². The summed E-state index contributed by atoms with van der Waals surface area (Å²) < 4.78 is 7.37. The second-order valence-corrected chi connectivity index (χ2v) is 7.44. The van der Waals surface area contributed by atoms with Crippen molar-refractivity contribution in [2.24, 2.45) is 5.73 Å². The first kappa shape index (κ1) is 20.3. The maximum Gasteiger partial charge on any atom is 0.256 e. The number of primary amides is 1. The number of nitrogens with one attached hydrogen (secondary N) is 1. The van der Waals surface area contributed by atoms with E-state index in [1.54, 1.807) is 29.9 Å². The SMILES string of the molecule is Cc1oc2ccc(-c3cn(-c4ccccc4)nn3)cc2c1C(=O)N[C@@](C)(CO)C(N)=O. The third-order valence-electron chi connectivity index (χ3n) is 5.15. The molecule has 9 heteroatoms. The van der Waals surface area contributed by atoms with Gasteiger partial charge >= 0.3 is 0 Å². The third-order valence-corrected chi connectivity index (χ3v) is 5.15. The predicted octanol–water partition coefficient (Wildman–Crippen LogP) is 1.96. The van der Waals surface area contributed by atoms with Crippen LogP contribution in [-0.2, 0) is 4.79 Å². The lowest BCUT2D eigenvalue weighted by Gasteiger charge is -2.24. The molecule has 0 saturated heterocycles. The summed E-state index contributed by atoms with van der Waals surface area (Å²) in [5.74, 6) is -1.04. The number of fused-ring (bicyclic) bond motifs is 1. The maximum atomic E-state index is 12.9. The van der Waals surface area contributed by atoms with Crippen LogP contribution in [0.3, 0.4) is 0 Å². The van der Waals surface area contributed by atoms with Gasteiger partial charge in [-0.05, 0) is 44.2 Å². The second kappa shape index (κ2) is 7.69. The van der Waals surface area contributed by atoms with Crippen molar-refractivity contribution in [2.75, 3.05) is 6.61 Å². The van der Waals surface area contributed by atoms with Gasteiger partial charge in [0, 0.05) is 10.9 Å². The molecule has 0 aliphatic rings. The summed E-state index contributed by atoms with van der Waals surface area (Å²) in [6, 6.07) is 14.9. The second-order valence-electron chi connectivity index (χ2n) is 7.44. The molecular weight excluding hydrogens is 398 g/mol. The van der Waals surface area contributed by atoms with Crippen molar-refractivity contribution in [3.8, 4) is 16.9 Å². The van der Waals surface area contributed by atoms with Crippen LogP contribution in [0, 0.1) is 6.92 Å². The van der Waals surface area contributed by atoms with E-state index in [-0.39, 0.29) is 5.56 Å². The number of furan rings is 1. The van der Waals surface area contributed by atoms with E-state index in [0.29, 0.717) is 22.4 Å². The van der Waals surface area contributed by atoms with E-state index in [0.717, 1.165) is 11.3 Å². The molecule has 9 nitrogen and oxygen atoms in total. The number of amides is 2. The number of para-hydroxylation sites is 1. The largest absolute Gasteiger partial charge is 0.461 e. The Hall–Kier alpha value is -3.98. The van der Waals surface area contributed by atoms with E-state index >= 15 is 0 Å². The molecular formula is C22H21N5O4. The highest BCUT2D eigenvalue weighted by Gasteiger charge is 2.34. The van der Waals surface area contributed by atoms with E-state index in [1.807, 2.05) is 36.4 Å². The van der Waals surface area contributed by atoms with Gasteiger partial charge in [-0.2, -0.15) is 0 Å². The Morgan fingerprint density at radius 2 is 1.97 bits per heavy atom. The Kier molecular flexibility index (Phi) is 5.04. The fraction of sp³-hybridized carbons (Fsp3) is 0.182. The molecule has 0 aliphatic heterocycles. The third kappa shape index (κ3) is 3.66. The van der Waals surface area contributed by atoms with E-state index in [4.69, 9.17) is 10.2 Å². The quantitative estimate of drug-likeness (QED) is 0.437. The normalized spacial score (nSPS) is 13.1. The molecule has 2 aromatic carbocycles. The topological polar surface area (TPSA) is 136 Å². The van der Waals surface area contributed by atoms with Crippen LogP contribution in [0.4, 0.5) is 0 Å². The van der Waals surface area contributed by atoms with Gasteiger partial charge in [0.2, 0.25) is 5.91 Å². The number of carbonyl (C=O) groups excluding carboxylic acids is 2. The maximum absolute atomic E-state index is 12.9. The zero-order valence-corrected chi connectivity index (χ0v) is 17.0. The summed E-state index contributed by atoms with van der Waals surface area (Å²) in [5, 5.41) is 21.0. The average Bonchev–Trinajstić information content (AvgIpc) is 3.37. The highest BCUT2D eigenvalue weighted by atomic mass is 16.3. The molecule has 4 N–H and O–H groups in total. The van der Waals surface area contributed by atoms with Crippen molar-refractivity contribution in [2.45, 2.75) is 19.4 Å². The van der Waals surface area contributed by atoms with E-state index < -0.39 is 24.0 Å². The molecule has 0 fully saturated rings. The van der Waals surface area contributed by atoms with Crippen LogP contribution in [0.1, 0.15) is 23.0 Å². The number of aliphatic hydroxyl groups excluding tert-OH is 1. The van der Waals surface area contributed by atoms with Gasteiger partial charge in [-0.25, -0.2) is 4.68 Å². The number of benzene rings is 2. The minimum Gasteiger partial charge on any atom is -0.461 e. The Morgan fingerprint density at radius 3 is 2.65 bits per heavy atom. The monoisotopic (exact) mass is 419 g/mol. The number of aryl methyl sites for hydroxylation is 1. The van der Waals surface area contributed by atoms with Crippen LogP contribution in [0.2, 0.25) is 0 Å². The van der Waals surface area contributed by atoms with Crippen LogP contribution in [0.15, 0.2) is 59.1 Å². The molecule has 0 unspecified atom stereocenters. The fourth-order valence-corrected chi connectivity index (χ4v) is 3.26. The molecule has 4 rings (SSSR count). The van der Waals surface area contributed by atoms with Crippen molar-refractivity contribution in [1.29, 1.82) is 0 Å². The molecule has 2 aromatic heterocycles. The molecule has 0 saturated carbocycles. The number of rotatable bonds is 6. The lowest BCUT2D eigenvalue weighted by atomic mass is 10.0. The van der Waals surface area contributed by atoms with Gasteiger partial charge in [-0.15, -0.1) is 5.10 Å². The minimum absolute atomic E-state index is 0.258. The predicted molar refractivity (Wildman–Crippen MR) is 113 cm³/mol. The molecule has 0 spiro atoms. The number of nitrogens with two attached hydrogens (primary N) is 1. The van der Waals surface area contributed by atoms with Gasteiger partial charge in [-0.1, -0.05) is 23.4 Å². The highest BCUT2D eigenvalue weighted by Crippen LogP contribution is 2.30. The van der Waals surface area contributed by atoms with Crippen molar-refractivity contribution in [3.63, 3.8) is 0 Å². The lowest BCUT2D eigenvalue weighted by Crippen LogP contribution is -2.57. The number of aromatic nitrogens is 3. The standard InChI is InChI=1S/C22H21N5O4/c1-13-19(20(29)24-22(2,12-28)21(23)30)16-10-14(8-9-18(16)31-13)17-11-27(26-25-17)15-6-4-3-5-7-15/h3-11,28H,12H2,1-2H3,(H2,23,30)(H,24,29)/t22-/m0/s1. The Balaban J connectivity index is 1.72. The van der Waals surface area contributed by atoms with Gasteiger partial charge < -0.3 is 20.6 Å². The van der Waals surface area contributed by atoms with Crippen LogP contribution in [-0.4, -0.2) is 44.1 Å². The first-order valence-corrected chi connectivity index (χ1v) is 9.57. The Morgan fingerprint density at radius 1 is 1.23 bits per heavy atom. The van der Waals surface area contributed by atoms with E-state index in [1.165, 1.54) is 6.92 Å². The van der Waals surface area contributed by atoms with E-state index in [9.17, 15) is 14.7 Å². The molecule has 2 amide bonds. The number of hydrogen-bond donors (Lipinski definition) is 3. The zero-order valence-electron chi connectivity index (χ0n) is 17.0. The van der Waals surface area contributed by atoms with Crippen molar-refractivity contribution >= 4 is 22.8 Å². The van der Waals surface area contributed by atoms with E-state index in [2.05, 4.69) is 15.6 Å². The number of nitrogens with zero attached hydrogens (tertiary/aromatic N) is 3. The number of aliphatic hydroxyl groups is 1. The highest BCUT2D eigenvalue weighted by molar-refractivity contribution is 6.09. The summed E-state index contributed by atoms with van der Waals surface area (Å²) >= 11 is 0. The fourth-order valence-electron chi connectivity index (χ4n) is 3.26. The number of hydrogen-bond acceptors (Lipinski definition) is 6. The molecule has 0 radical (unpaired) electrons. The average molecular weight is 419 g/mol. The first-order chi connectivity index (χ1) is 14.8. The zero-order chi connectivity index (χ0) is 22.2. The summed E-state index contributed by atoms with van der Waals surface area (Å²) in [4.78, 5) is 24.6. The summed E-state index contributed by atoms with van der Waals surface area (Å²) in [6.45, 7) is 2.38. The van der Waals surface area contributed by atoms with Gasteiger partial charge in [0.25, 0.3) is 5.91 Å².